The first-order valence-corrected chi connectivity index (χ1v) is 11.5. The van der Waals surface area contributed by atoms with E-state index in [1.165, 1.54) is 21.5 Å². The van der Waals surface area contributed by atoms with Crippen molar-refractivity contribution in [2.24, 2.45) is 0 Å². The number of hydrogen-bond donors (Lipinski definition) is 0. The Balaban J connectivity index is 1.62. The normalized spacial score (nSPS) is 11.5. The molecule has 34 heavy (non-hydrogen) atoms. The van der Waals surface area contributed by atoms with Gasteiger partial charge in [-0.1, -0.05) is 109 Å². The molecule has 0 fully saturated rings. The zero-order valence-corrected chi connectivity index (χ0v) is 18.4. The Morgan fingerprint density at radius 2 is 1.12 bits per heavy atom. The minimum Gasteiger partial charge on any atom is -0.255 e. The molecule has 7 rings (SSSR count). The third-order valence-corrected chi connectivity index (χ3v) is 6.69. The highest BCUT2D eigenvalue weighted by Gasteiger charge is 2.17. The molecule has 5 aromatic carbocycles. The van der Waals surface area contributed by atoms with E-state index in [2.05, 4.69) is 109 Å². The minimum absolute atomic E-state index is 0.975. The van der Waals surface area contributed by atoms with Gasteiger partial charge in [-0.25, -0.2) is 4.98 Å². The van der Waals surface area contributed by atoms with Crippen molar-refractivity contribution in [3.8, 4) is 22.5 Å². The largest absolute Gasteiger partial charge is 0.255 e. The number of fused-ring (bicyclic) bond motifs is 6. The van der Waals surface area contributed by atoms with Crippen molar-refractivity contribution >= 4 is 43.2 Å². The summed E-state index contributed by atoms with van der Waals surface area (Å²) in [6, 6.07) is 40.4. The Kier molecular flexibility index (Phi) is 4.18. The lowest BCUT2D eigenvalue weighted by Gasteiger charge is -2.15. The Bertz CT molecular complexity index is 1840. The van der Waals surface area contributed by atoms with Gasteiger partial charge >= 0.3 is 0 Å². The molecule has 0 spiro atoms. The highest BCUT2D eigenvalue weighted by Crippen LogP contribution is 2.40. The zero-order chi connectivity index (χ0) is 22.5. The lowest BCUT2D eigenvalue weighted by molar-refractivity contribution is 1.34. The Morgan fingerprint density at radius 1 is 0.441 bits per heavy atom. The van der Waals surface area contributed by atoms with Gasteiger partial charge in [-0.3, -0.25) is 4.98 Å². The molecule has 0 N–H and O–H groups in total. The monoisotopic (exact) mass is 432 g/mol. The van der Waals surface area contributed by atoms with Crippen LogP contribution in [0, 0.1) is 0 Å². The average Bonchev–Trinajstić information content (AvgIpc) is 2.92. The van der Waals surface area contributed by atoms with E-state index in [4.69, 9.17) is 9.97 Å². The molecule has 158 valence electrons. The van der Waals surface area contributed by atoms with E-state index < -0.39 is 0 Å². The van der Waals surface area contributed by atoms with E-state index in [0.717, 1.165) is 44.2 Å². The van der Waals surface area contributed by atoms with Crippen LogP contribution in [0.1, 0.15) is 0 Å². The van der Waals surface area contributed by atoms with E-state index in [9.17, 15) is 0 Å². The first kappa shape index (κ1) is 19.0. The van der Waals surface area contributed by atoms with E-state index in [-0.39, 0.29) is 0 Å². The van der Waals surface area contributed by atoms with Crippen molar-refractivity contribution in [2.45, 2.75) is 0 Å². The molecule has 0 amide bonds. The van der Waals surface area contributed by atoms with Crippen LogP contribution in [0.2, 0.25) is 0 Å². The molecule has 0 bridgehead atoms. The van der Waals surface area contributed by atoms with Gasteiger partial charge in [0.2, 0.25) is 0 Å². The second kappa shape index (κ2) is 7.50. The molecule has 0 atom stereocenters. The highest BCUT2D eigenvalue weighted by atomic mass is 14.7. The summed E-state index contributed by atoms with van der Waals surface area (Å²) in [5, 5.41) is 8.35. The molecule has 0 saturated carbocycles. The highest BCUT2D eigenvalue weighted by molar-refractivity contribution is 6.23. The SMILES string of the molecule is c1ccc(-c2ncc(-c3nc4ccccc4c4c3ccc3ccccc34)c3ccccc23)cc1. The molecule has 2 aromatic heterocycles. The molecule has 0 unspecified atom stereocenters. The van der Waals surface area contributed by atoms with Crippen LogP contribution in [-0.4, -0.2) is 9.97 Å². The first-order chi connectivity index (χ1) is 16.9. The molecular formula is C32H20N2. The number of rotatable bonds is 2. The standard InChI is InChI=1S/C32H20N2/c1-2-11-22(12-3-1)31-25-15-7-6-14-24(25)28(20-33-31)32-27-19-18-21-10-4-5-13-23(21)30(27)26-16-8-9-17-29(26)34-32/h1-20H. The summed E-state index contributed by atoms with van der Waals surface area (Å²) in [6.07, 6.45) is 2.00. The van der Waals surface area contributed by atoms with Crippen molar-refractivity contribution in [3.63, 3.8) is 0 Å². The third-order valence-electron chi connectivity index (χ3n) is 6.69. The maximum absolute atomic E-state index is 5.19. The Hall–Kier alpha value is -4.56. The number of benzene rings is 5. The molecule has 2 heteroatoms. The van der Waals surface area contributed by atoms with Crippen LogP contribution in [0.5, 0.6) is 0 Å². The van der Waals surface area contributed by atoms with Crippen molar-refractivity contribution in [3.05, 3.63) is 121 Å². The predicted octanol–water partition coefficient (Wildman–Crippen LogP) is 8.42. The van der Waals surface area contributed by atoms with Crippen molar-refractivity contribution in [2.75, 3.05) is 0 Å². The summed E-state index contributed by atoms with van der Waals surface area (Å²) in [5.74, 6) is 0. The van der Waals surface area contributed by atoms with Gasteiger partial charge < -0.3 is 0 Å². The topological polar surface area (TPSA) is 25.8 Å². The summed E-state index contributed by atoms with van der Waals surface area (Å²) >= 11 is 0. The van der Waals surface area contributed by atoms with E-state index in [1.54, 1.807) is 0 Å². The summed E-state index contributed by atoms with van der Waals surface area (Å²) in [5.41, 5.74) is 5.14. The lowest BCUT2D eigenvalue weighted by atomic mass is 9.93. The van der Waals surface area contributed by atoms with Crippen LogP contribution in [0.15, 0.2) is 121 Å². The van der Waals surface area contributed by atoms with Gasteiger partial charge in [0.1, 0.15) is 0 Å². The smallest absolute Gasteiger partial charge is 0.0810 e. The molecule has 0 radical (unpaired) electrons. The number of nitrogens with zero attached hydrogens (tertiary/aromatic N) is 2. The van der Waals surface area contributed by atoms with E-state index >= 15 is 0 Å². The number of hydrogen-bond acceptors (Lipinski definition) is 2. The minimum atomic E-state index is 0.975. The number of para-hydroxylation sites is 1. The van der Waals surface area contributed by atoms with Crippen LogP contribution >= 0.6 is 0 Å². The van der Waals surface area contributed by atoms with Crippen LogP contribution < -0.4 is 0 Å². The molecule has 0 saturated heterocycles. The fourth-order valence-corrected chi connectivity index (χ4v) is 5.14. The fraction of sp³-hybridized carbons (Fsp3) is 0. The fourth-order valence-electron chi connectivity index (χ4n) is 5.14. The summed E-state index contributed by atoms with van der Waals surface area (Å²) in [7, 11) is 0. The maximum Gasteiger partial charge on any atom is 0.0810 e. The van der Waals surface area contributed by atoms with Gasteiger partial charge in [-0.05, 0) is 22.2 Å². The van der Waals surface area contributed by atoms with Crippen LogP contribution in [0.25, 0.3) is 65.7 Å². The molecule has 0 aliphatic heterocycles. The van der Waals surface area contributed by atoms with Crippen molar-refractivity contribution in [1.82, 2.24) is 9.97 Å². The predicted molar refractivity (Wildman–Crippen MR) is 143 cm³/mol. The maximum atomic E-state index is 5.19. The first-order valence-electron chi connectivity index (χ1n) is 11.5. The van der Waals surface area contributed by atoms with Gasteiger partial charge in [0, 0.05) is 38.9 Å². The van der Waals surface area contributed by atoms with Crippen LogP contribution in [0.3, 0.4) is 0 Å². The quantitative estimate of drug-likeness (QED) is 0.256. The Morgan fingerprint density at radius 3 is 1.97 bits per heavy atom. The van der Waals surface area contributed by atoms with E-state index in [1.807, 2.05) is 12.3 Å². The second-order valence-corrected chi connectivity index (χ2v) is 8.62. The van der Waals surface area contributed by atoms with Crippen molar-refractivity contribution in [1.29, 1.82) is 0 Å². The lowest BCUT2D eigenvalue weighted by Crippen LogP contribution is -1.94. The van der Waals surface area contributed by atoms with Gasteiger partial charge in [-0.2, -0.15) is 0 Å². The second-order valence-electron chi connectivity index (χ2n) is 8.62. The molecule has 2 nitrogen and oxygen atoms in total. The number of aromatic nitrogens is 2. The van der Waals surface area contributed by atoms with Gasteiger partial charge in [0.15, 0.2) is 0 Å². The molecule has 2 heterocycles. The number of pyridine rings is 2. The van der Waals surface area contributed by atoms with E-state index in [0.29, 0.717) is 0 Å². The summed E-state index contributed by atoms with van der Waals surface area (Å²) in [6.45, 7) is 0. The van der Waals surface area contributed by atoms with Crippen molar-refractivity contribution < 1.29 is 0 Å². The Labute approximate surface area is 197 Å². The summed E-state index contributed by atoms with van der Waals surface area (Å²) < 4.78 is 0. The zero-order valence-electron chi connectivity index (χ0n) is 18.4. The van der Waals surface area contributed by atoms with Gasteiger partial charge in [-0.15, -0.1) is 0 Å². The molecule has 7 aromatic rings. The molecule has 0 aliphatic rings. The van der Waals surface area contributed by atoms with Gasteiger partial charge in [0.05, 0.1) is 16.9 Å². The molecular weight excluding hydrogens is 412 g/mol. The third kappa shape index (κ3) is 2.82. The molecule has 0 aliphatic carbocycles. The van der Waals surface area contributed by atoms with Crippen LogP contribution in [0.4, 0.5) is 0 Å². The average molecular weight is 433 g/mol. The summed E-state index contributed by atoms with van der Waals surface area (Å²) in [4.78, 5) is 10.2. The van der Waals surface area contributed by atoms with Gasteiger partial charge in [0.25, 0.3) is 0 Å². The van der Waals surface area contributed by atoms with Crippen LogP contribution in [-0.2, 0) is 0 Å².